The quantitative estimate of drug-likeness (QED) is 0.772. The summed E-state index contributed by atoms with van der Waals surface area (Å²) in [6.07, 6.45) is 5.38. The van der Waals surface area contributed by atoms with E-state index in [9.17, 15) is 4.39 Å². The Labute approximate surface area is 125 Å². The molecule has 0 radical (unpaired) electrons. The molecule has 0 aliphatic carbocycles. The van der Waals surface area contributed by atoms with Crippen molar-refractivity contribution in [2.45, 2.75) is 6.92 Å². The molecule has 2 heterocycles. The SMILES string of the molecule is CCNc1cn2ccnc2c(Nc2ccc(F)c(Cl)c2)n1. The molecule has 0 unspecified atom stereocenters. The van der Waals surface area contributed by atoms with E-state index in [1.807, 2.05) is 23.7 Å². The lowest BCUT2D eigenvalue weighted by molar-refractivity contribution is 0.628. The topological polar surface area (TPSA) is 54.2 Å². The lowest BCUT2D eigenvalue weighted by Crippen LogP contribution is -2.05. The zero-order chi connectivity index (χ0) is 14.8. The minimum Gasteiger partial charge on any atom is -0.369 e. The van der Waals surface area contributed by atoms with E-state index in [-0.39, 0.29) is 5.02 Å². The molecule has 108 valence electrons. The number of halogens is 2. The van der Waals surface area contributed by atoms with Crippen LogP contribution in [-0.2, 0) is 0 Å². The maximum atomic E-state index is 13.2. The van der Waals surface area contributed by atoms with Crippen LogP contribution in [-0.4, -0.2) is 20.9 Å². The van der Waals surface area contributed by atoms with Crippen molar-refractivity contribution in [3.8, 4) is 0 Å². The first-order valence-electron chi connectivity index (χ1n) is 6.47. The van der Waals surface area contributed by atoms with E-state index in [1.165, 1.54) is 12.1 Å². The van der Waals surface area contributed by atoms with Crippen LogP contribution in [0.4, 0.5) is 21.7 Å². The molecule has 3 aromatic rings. The molecule has 3 rings (SSSR count). The number of nitrogens with zero attached hydrogens (tertiary/aromatic N) is 3. The number of aromatic nitrogens is 3. The molecule has 0 spiro atoms. The number of hydrogen-bond acceptors (Lipinski definition) is 4. The maximum absolute atomic E-state index is 13.2. The summed E-state index contributed by atoms with van der Waals surface area (Å²) in [5.74, 6) is 0.836. The third-order valence-corrected chi connectivity index (χ3v) is 3.20. The van der Waals surface area contributed by atoms with E-state index >= 15 is 0 Å². The number of fused-ring (bicyclic) bond motifs is 1. The van der Waals surface area contributed by atoms with Gasteiger partial charge in [-0.3, -0.25) is 0 Å². The monoisotopic (exact) mass is 305 g/mol. The van der Waals surface area contributed by atoms with Crippen molar-refractivity contribution in [2.75, 3.05) is 17.2 Å². The summed E-state index contributed by atoms with van der Waals surface area (Å²) in [6, 6.07) is 4.42. The first-order chi connectivity index (χ1) is 10.2. The van der Waals surface area contributed by atoms with Gasteiger partial charge in [0.15, 0.2) is 11.5 Å². The Balaban J connectivity index is 2.01. The molecule has 0 saturated heterocycles. The van der Waals surface area contributed by atoms with Crippen LogP contribution in [0.25, 0.3) is 5.65 Å². The Morgan fingerprint density at radius 1 is 1.38 bits per heavy atom. The molecule has 2 aromatic heterocycles. The van der Waals surface area contributed by atoms with E-state index in [2.05, 4.69) is 20.6 Å². The Bertz CT molecular complexity index is 786. The molecule has 21 heavy (non-hydrogen) atoms. The molecule has 0 fully saturated rings. The molecule has 2 N–H and O–H groups in total. The molecule has 7 heteroatoms. The number of rotatable bonds is 4. The molecular formula is C14H13ClFN5. The third-order valence-electron chi connectivity index (χ3n) is 2.91. The van der Waals surface area contributed by atoms with E-state index in [1.54, 1.807) is 12.3 Å². The standard InChI is InChI=1S/C14H13ClFN5/c1-2-17-12-8-21-6-5-18-14(21)13(20-12)19-9-3-4-11(16)10(15)7-9/h3-8,17H,2H2,1H3,(H,19,20). The van der Waals surface area contributed by atoms with Gasteiger partial charge in [-0.25, -0.2) is 14.4 Å². The van der Waals surface area contributed by atoms with Gasteiger partial charge in [-0.1, -0.05) is 11.6 Å². The van der Waals surface area contributed by atoms with Gasteiger partial charge in [0.1, 0.15) is 11.6 Å². The fourth-order valence-electron chi connectivity index (χ4n) is 1.99. The normalized spacial score (nSPS) is 10.8. The summed E-state index contributed by atoms with van der Waals surface area (Å²) >= 11 is 5.79. The van der Waals surface area contributed by atoms with E-state index in [0.29, 0.717) is 17.2 Å². The van der Waals surface area contributed by atoms with Crippen molar-refractivity contribution in [2.24, 2.45) is 0 Å². The average molecular weight is 306 g/mol. The number of hydrogen-bond donors (Lipinski definition) is 2. The molecule has 0 saturated carbocycles. The summed E-state index contributed by atoms with van der Waals surface area (Å²) in [5, 5.41) is 6.32. The zero-order valence-corrected chi connectivity index (χ0v) is 12.0. The van der Waals surface area contributed by atoms with Crippen LogP contribution in [0.2, 0.25) is 5.02 Å². The molecule has 0 bridgehead atoms. The first-order valence-corrected chi connectivity index (χ1v) is 6.85. The molecule has 1 aromatic carbocycles. The fraction of sp³-hybridized carbons (Fsp3) is 0.143. The zero-order valence-electron chi connectivity index (χ0n) is 11.3. The minimum absolute atomic E-state index is 0.0576. The second kappa shape index (κ2) is 5.57. The number of benzene rings is 1. The number of nitrogens with one attached hydrogen (secondary N) is 2. The fourth-order valence-corrected chi connectivity index (χ4v) is 2.17. The molecule has 5 nitrogen and oxygen atoms in total. The Hall–Kier alpha value is -2.34. The van der Waals surface area contributed by atoms with Crippen molar-refractivity contribution >= 4 is 34.6 Å². The smallest absolute Gasteiger partial charge is 0.180 e. The number of imidazole rings is 1. The minimum atomic E-state index is -0.456. The highest BCUT2D eigenvalue weighted by atomic mass is 35.5. The van der Waals surface area contributed by atoms with Gasteiger partial charge in [0.2, 0.25) is 0 Å². The van der Waals surface area contributed by atoms with Crippen molar-refractivity contribution in [1.82, 2.24) is 14.4 Å². The average Bonchev–Trinajstić information content (AvgIpc) is 2.92. The lowest BCUT2D eigenvalue weighted by Gasteiger charge is -2.10. The van der Waals surface area contributed by atoms with Crippen LogP contribution in [0.3, 0.4) is 0 Å². The summed E-state index contributed by atoms with van der Waals surface area (Å²) < 4.78 is 15.1. The van der Waals surface area contributed by atoms with Gasteiger partial charge in [0, 0.05) is 24.6 Å². The van der Waals surface area contributed by atoms with Crippen LogP contribution in [0.5, 0.6) is 0 Å². The Kier molecular flexibility index (Phi) is 3.62. The molecule has 0 aliphatic rings. The van der Waals surface area contributed by atoms with E-state index in [0.717, 1.165) is 12.4 Å². The third kappa shape index (κ3) is 2.75. The molecule has 0 atom stereocenters. The summed E-state index contributed by atoms with van der Waals surface area (Å²) in [6.45, 7) is 2.75. The summed E-state index contributed by atoms with van der Waals surface area (Å²) in [4.78, 5) is 8.73. The van der Waals surface area contributed by atoms with E-state index in [4.69, 9.17) is 11.6 Å². The number of anilines is 3. The Morgan fingerprint density at radius 2 is 2.24 bits per heavy atom. The highest BCUT2D eigenvalue weighted by molar-refractivity contribution is 6.31. The van der Waals surface area contributed by atoms with Crippen molar-refractivity contribution in [3.05, 3.63) is 47.6 Å². The largest absolute Gasteiger partial charge is 0.369 e. The molecular weight excluding hydrogens is 293 g/mol. The van der Waals surface area contributed by atoms with Crippen LogP contribution in [0, 0.1) is 5.82 Å². The van der Waals surface area contributed by atoms with Gasteiger partial charge in [0.25, 0.3) is 0 Å². The second-order valence-corrected chi connectivity index (χ2v) is 4.82. The predicted molar refractivity (Wildman–Crippen MR) is 81.8 cm³/mol. The summed E-state index contributed by atoms with van der Waals surface area (Å²) in [7, 11) is 0. The van der Waals surface area contributed by atoms with Gasteiger partial charge in [0.05, 0.1) is 11.2 Å². The highest BCUT2D eigenvalue weighted by Gasteiger charge is 2.09. The second-order valence-electron chi connectivity index (χ2n) is 4.42. The van der Waals surface area contributed by atoms with Gasteiger partial charge in [-0.05, 0) is 25.1 Å². The first kappa shape index (κ1) is 13.6. The van der Waals surface area contributed by atoms with Gasteiger partial charge >= 0.3 is 0 Å². The van der Waals surface area contributed by atoms with Crippen molar-refractivity contribution < 1.29 is 4.39 Å². The van der Waals surface area contributed by atoms with Gasteiger partial charge in [-0.15, -0.1) is 0 Å². The molecule has 0 amide bonds. The predicted octanol–water partition coefficient (Wildman–Crippen LogP) is 3.70. The van der Waals surface area contributed by atoms with Crippen LogP contribution < -0.4 is 10.6 Å². The van der Waals surface area contributed by atoms with Gasteiger partial charge in [-0.2, -0.15) is 0 Å². The van der Waals surface area contributed by atoms with Crippen molar-refractivity contribution in [1.29, 1.82) is 0 Å². The van der Waals surface area contributed by atoms with Crippen LogP contribution >= 0.6 is 11.6 Å². The highest BCUT2D eigenvalue weighted by Crippen LogP contribution is 2.24. The molecule has 0 aliphatic heterocycles. The Morgan fingerprint density at radius 3 is 3.00 bits per heavy atom. The maximum Gasteiger partial charge on any atom is 0.180 e. The van der Waals surface area contributed by atoms with Gasteiger partial charge < -0.3 is 15.0 Å². The van der Waals surface area contributed by atoms with Crippen molar-refractivity contribution in [3.63, 3.8) is 0 Å². The van der Waals surface area contributed by atoms with Crippen LogP contribution in [0.15, 0.2) is 36.8 Å². The van der Waals surface area contributed by atoms with E-state index < -0.39 is 5.82 Å². The van der Waals surface area contributed by atoms with Crippen LogP contribution in [0.1, 0.15) is 6.92 Å². The lowest BCUT2D eigenvalue weighted by atomic mass is 10.3. The summed E-state index contributed by atoms with van der Waals surface area (Å²) in [5.41, 5.74) is 1.32.